The van der Waals surface area contributed by atoms with Crippen molar-refractivity contribution in [2.45, 2.75) is 39.2 Å². The van der Waals surface area contributed by atoms with E-state index in [4.69, 9.17) is 4.74 Å². The van der Waals surface area contributed by atoms with Crippen LogP contribution in [0.3, 0.4) is 0 Å². The predicted octanol–water partition coefficient (Wildman–Crippen LogP) is 3.01. The van der Waals surface area contributed by atoms with Gasteiger partial charge in [0.2, 0.25) is 5.91 Å². The number of benzene rings is 1. The second kappa shape index (κ2) is 11.6. The van der Waals surface area contributed by atoms with Gasteiger partial charge < -0.3 is 15.0 Å². The molecule has 3 aromatic rings. The monoisotopic (exact) mass is 496 g/mol. The number of amides is 2. The van der Waals surface area contributed by atoms with Crippen molar-refractivity contribution in [1.29, 1.82) is 0 Å². The minimum absolute atomic E-state index is 0.0366. The maximum absolute atomic E-state index is 13.3. The third kappa shape index (κ3) is 5.97. The molecule has 0 bridgehead atoms. The quantitative estimate of drug-likeness (QED) is 0.460. The Bertz CT molecular complexity index is 1230. The summed E-state index contributed by atoms with van der Waals surface area (Å²) in [6, 6.07) is 10.5. The number of fused-ring (bicyclic) bond motifs is 1. The van der Waals surface area contributed by atoms with E-state index in [1.807, 2.05) is 11.0 Å². The number of carbonyl (C=O) groups is 2. The lowest BCUT2D eigenvalue weighted by Gasteiger charge is -2.32. The number of likely N-dealkylation sites (tertiary alicyclic amines) is 1. The number of rotatable bonds is 9. The van der Waals surface area contributed by atoms with Crippen molar-refractivity contribution in [3.05, 3.63) is 63.0 Å². The van der Waals surface area contributed by atoms with Gasteiger partial charge in [-0.05, 0) is 49.7 Å². The van der Waals surface area contributed by atoms with E-state index >= 15 is 0 Å². The van der Waals surface area contributed by atoms with E-state index in [9.17, 15) is 14.4 Å². The highest BCUT2D eigenvalue weighted by Crippen LogP contribution is 2.30. The lowest BCUT2D eigenvalue weighted by Crippen LogP contribution is -2.38. The Balaban J connectivity index is 1.42. The number of ether oxygens (including phenoxy) is 1. The molecule has 9 heteroatoms. The summed E-state index contributed by atoms with van der Waals surface area (Å²) >= 11 is 1.26. The van der Waals surface area contributed by atoms with Crippen LogP contribution < -0.4 is 10.9 Å². The van der Waals surface area contributed by atoms with Gasteiger partial charge in [0.1, 0.15) is 11.4 Å². The number of nitrogens with zero attached hydrogens (tertiary/aromatic N) is 3. The highest BCUT2D eigenvalue weighted by Gasteiger charge is 2.27. The summed E-state index contributed by atoms with van der Waals surface area (Å²) in [5.74, 6) is 0.275. The molecule has 0 atom stereocenters. The Morgan fingerprint density at radius 3 is 2.66 bits per heavy atom. The molecule has 0 unspecified atom stereocenters. The minimum atomic E-state index is -0.295. The molecule has 0 saturated carbocycles. The van der Waals surface area contributed by atoms with Crippen molar-refractivity contribution in [2.24, 2.45) is 5.92 Å². The number of carbonyl (C=O) groups excluding carboxylic acids is 2. The van der Waals surface area contributed by atoms with Crippen LogP contribution in [-0.4, -0.2) is 59.6 Å². The van der Waals surface area contributed by atoms with Crippen LogP contribution in [0, 0.1) is 12.8 Å². The molecule has 186 valence electrons. The second-order valence-electron chi connectivity index (χ2n) is 9.04. The first kappa shape index (κ1) is 25.1. The first-order chi connectivity index (χ1) is 17.0. The molecule has 8 nitrogen and oxygen atoms in total. The summed E-state index contributed by atoms with van der Waals surface area (Å²) in [6.45, 7) is 4.16. The zero-order valence-corrected chi connectivity index (χ0v) is 21.1. The van der Waals surface area contributed by atoms with Gasteiger partial charge in [0.05, 0.1) is 16.6 Å². The average Bonchev–Trinajstić information content (AvgIpc) is 3.21. The first-order valence-corrected chi connectivity index (χ1v) is 12.9. The van der Waals surface area contributed by atoms with Crippen LogP contribution in [0.25, 0.3) is 10.2 Å². The highest BCUT2D eigenvalue weighted by molar-refractivity contribution is 7.20. The van der Waals surface area contributed by atoms with Crippen molar-refractivity contribution in [3.63, 3.8) is 0 Å². The molecule has 2 amide bonds. The van der Waals surface area contributed by atoms with Crippen LogP contribution in [0.2, 0.25) is 0 Å². The number of methoxy groups -OCH3 is 1. The first-order valence-electron chi connectivity index (χ1n) is 12.0. The van der Waals surface area contributed by atoms with Gasteiger partial charge in [-0.15, -0.1) is 11.3 Å². The van der Waals surface area contributed by atoms with E-state index in [1.165, 1.54) is 27.8 Å². The van der Waals surface area contributed by atoms with E-state index in [2.05, 4.69) is 34.6 Å². The Morgan fingerprint density at radius 2 is 1.94 bits per heavy atom. The highest BCUT2D eigenvalue weighted by atomic mass is 32.1. The summed E-state index contributed by atoms with van der Waals surface area (Å²) in [6.07, 6.45) is 5.06. The molecular weight excluding hydrogens is 464 g/mol. The van der Waals surface area contributed by atoms with Gasteiger partial charge in [-0.1, -0.05) is 30.3 Å². The fourth-order valence-electron chi connectivity index (χ4n) is 4.56. The van der Waals surface area contributed by atoms with E-state index in [-0.39, 0.29) is 23.9 Å². The summed E-state index contributed by atoms with van der Waals surface area (Å²) in [4.78, 5) is 46.0. The molecule has 4 rings (SSSR count). The number of aryl methyl sites for hydroxylation is 1. The normalized spacial score (nSPS) is 14.4. The lowest BCUT2D eigenvalue weighted by atomic mass is 9.90. The van der Waals surface area contributed by atoms with Gasteiger partial charge in [0, 0.05) is 33.4 Å². The number of hydrogen-bond donors (Lipinski definition) is 1. The molecule has 0 spiro atoms. The van der Waals surface area contributed by atoms with Gasteiger partial charge in [-0.2, -0.15) is 0 Å². The van der Waals surface area contributed by atoms with Crippen LogP contribution in [0.1, 0.15) is 40.1 Å². The van der Waals surface area contributed by atoms with E-state index in [1.54, 1.807) is 14.0 Å². The predicted molar refractivity (Wildman–Crippen MR) is 137 cm³/mol. The summed E-state index contributed by atoms with van der Waals surface area (Å²) in [5.41, 5.74) is 1.69. The standard InChI is InChI=1S/C26H32N4O4S/c1-18-22-24(28-17-30(25(22)32)16-21(31)27-11-6-14-34-2)35-23(18)26(33)29-12-9-20(10-13-29)15-19-7-4-3-5-8-19/h3-5,7-8,17,20H,6,9-16H2,1-2H3,(H,27,31). The zero-order chi connectivity index (χ0) is 24.8. The Hall–Kier alpha value is -3.04. The summed E-state index contributed by atoms with van der Waals surface area (Å²) in [7, 11) is 1.61. The molecule has 35 heavy (non-hydrogen) atoms. The topological polar surface area (TPSA) is 93.5 Å². The number of nitrogens with one attached hydrogen (secondary N) is 1. The largest absolute Gasteiger partial charge is 0.385 e. The van der Waals surface area contributed by atoms with Crippen molar-refractivity contribution >= 4 is 33.4 Å². The van der Waals surface area contributed by atoms with Crippen LogP contribution in [0.15, 0.2) is 41.5 Å². The van der Waals surface area contributed by atoms with Crippen molar-refractivity contribution in [1.82, 2.24) is 19.8 Å². The molecule has 3 heterocycles. The summed E-state index contributed by atoms with van der Waals surface area (Å²) in [5, 5.41) is 3.20. The smallest absolute Gasteiger partial charge is 0.264 e. The molecule has 1 aliphatic heterocycles. The molecule has 1 N–H and O–H groups in total. The molecule has 2 aromatic heterocycles. The number of thiophene rings is 1. The summed E-state index contributed by atoms with van der Waals surface area (Å²) < 4.78 is 6.27. The van der Waals surface area contributed by atoms with Crippen molar-refractivity contribution in [2.75, 3.05) is 33.4 Å². The van der Waals surface area contributed by atoms with Gasteiger partial charge in [0.25, 0.3) is 11.5 Å². The van der Waals surface area contributed by atoms with E-state index in [0.717, 1.165) is 19.3 Å². The molecule has 1 aliphatic rings. The lowest BCUT2D eigenvalue weighted by molar-refractivity contribution is -0.121. The number of piperidine rings is 1. The van der Waals surface area contributed by atoms with Gasteiger partial charge >= 0.3 is 0 Å². The van der Waals surface area contributed by atoms with Crippen LogP contribution in [0.4, 0.5) is 0 Å². The van der Waals surface area contributed by atoms with Crippen LogP contribution in [0.5, 0.6) is 0 Å². The van der Waals surface area contributed by atoms with Crippen LogP contribution in [-0.2, 0) is 22.5 Å². The van der Waals surface area contributed by atoms with Crippen molar-refractivity contribution in [3.8, 4) is 0 Å². The van der Waals surface area contributed by atoms with Crippen LogP contribution >= 0.6 is 11.3 Å². The number of hydrogen-bond acceptors (Lipinski definition) is 6. The average molecular weight is 497 g/mol. The zero-order valence-electron chi connectivity index (χ0n) is 20.3. The third-order valence-electron chi connectivity index (χ3n) is 6.54. The van der Waals surface area contributed by atoms with Crippen molar-refractivity contribution < 1.29 is 14.3 Å². The Morgan fingerprint density at radius 1 is 1.20 bits per heavy atom. The molecule has 0 aliphatic carbocycles. The number of aromatic nitrogens is 2. The SMILES string of the molecule is COCCCNC(=O)Cn1cnc2sc(C(=O)N3CCC(Cc4ccccc4)CC3)c(C)c2c1=O. The fourth-order valence-corrected chi connectivity index (χ4v) is 5.67. The van der Waals surface area contributed by atoms with E-state index in [0.29, 0.717) is 59.2 Å². The maximum Gasteiger partial charge on any atom is 0.264 e. The van der Waals surface area contributed by atoms with E-state index < -0.39 is 0 Å². The minimum Gasteiger partial charge on any atom is -0.385 e. The maximum atomic E-state index is 13.3. The molecule has 1 fully saturated rings. The molecule has 0 radical (unpaired) electrons. The third-order valence-corrected chi connectivity index (χ3v) is 7.73. The fraction of sp³-hybridized carbons (Fsp3) is 0.462. The Labute approximate surface area is 208 Å². The molecule has 1 aromatic carbocycles. The van der Waals surface area contributed by atoms with Gasteiger partial charge in [-0.3, -0.25) is 19.0 Å². The Kier molecular flexibility index (Phi) is 8.30. The molecule has 1 saturated heterocycles. The molecular formula is C26H32N4O4S. The second-order valence-corrected chi connectivity index (χ2v) is 10.0. The van der Waals surface area contributed by atoms with Gasteiger partial charge in [-0.25, -0.2) is 4.98 Å². The van der Waals surface area contributed by atoms with Gasteiger partial charge in [0.15, 0.2) is 0 Å².